The predicted octanol–water partition coefficient (Wildman–Crippen LogP) is 4.04. The molecule has 1 aromatic rings. The summed E-state index contributed by atoms with van der Waals surface area (Å²) in [4.78, 5) is 37.6. The predicted molar refractivity (Wildman–Crippen MR) is 89.9 cm³/mol. The molecule has 0 aliphatic rings. The molecule has 132 valence electrons. The van der Waals surface area contributed by atoms with Crippen LogP contribution in [0.25, 0.3) is 0 Å². The Labute approximate surface area is 142 Å². The lowest BCUT2D eigenvalue weighted by Crippen LogP contribution is -2.45. The summed E-state index contributed by atoms with van der Waals surface area (Å²) in [7, 11) is 0. The van der Waals surface area contributed by atoms with Crippen LogP contribution in [0.1, 0.15) is 51.9 Å². The largest absolute Gasteiger partial charge is 0.443 e. The first-order chi connectivity index (χ1) is 10.9. The number of benzene rings is 1. The van der Waals surface area contributed by atoms with E-state index in [-0.39, 0.29) is 5.78 Å². The van der Waals surface area contributed by atoms with Crippen LogP contribution in [0.4, 0.5) is 9.59 Å². The van der Waals surface area contributed by atoms with Crippen molar-refractivity contribution >= 4 is 18.0 Å². The van der Waals surface area contributed by atoms with E-state index in [2.05, 4.69) is 0 Å². The summed E-state index contributed by atoms with van der Waals surface area (Å²) in [5.74, 6) is -0.382. The van der Waals surface area contributed by atoms with E-state index in [1.54, 1.807) is 71.9 Å². The second-order valence-corrected chi connectivity index (χ2v) is 7.34. The fourth-order valence-corrected chi connectivity index (χ4v) is 1.70. The van der Waals surface area contributed by atoms with Crippen molar-refractivity contribution in [3.63, 3.8) is 0 Å². The van der Waals surface area contributed by atoms with Crippen LogP contribution in [0, 0.1) is 0 Å². The zero-order valence-corrected chi connectivity index (χ0v) is 15.1. The zero-order chi connectivity index (χ0) is 18.5. The summed E-state index contributed by atoms with van der Waals surface area (Å²) in [6, 6.07) is 8.42. The van der Waals surface area contributed by atoms with E-state index in [1.807, 2.05) is 0 Å². The SMILES string of the molecule is CC(C)(C)OC(=O)N(CC(=O)c1ccccc1)C(=O)OC(C)(C)C. The molecule has 0 spiro atoms. The number of Topliss-reactive ketones (excluding diaryl/α,β-unsaturated/α-hetero) is 1. The van der Waals surface area contributed by atoms with Crippen molar-refractivity contribution in [3.05, 3.63) is 35.9 Å². The number of nitrogens with zero attached hydrogens (tertiary/aromatic N) is 1. The Kier molecular flexibility index (Phi) is 6.12. The minimum Gasteiger partial charge on any atom is -0.443 e. The topological polar surface area (TPSA) is 72.9 Å². The number of carbonyl (C=O) groups is 3. The van der Waals surface area contributed by atoms with Crippen LogP contribution < -0.4 is 0 Å². The van der Waals surface area contributed by atoms with Crippen LogP contribution in [-0.4, -0.2) is 40.6 Å². The summed E-state index contributed by atoms with van der Waals surface area (Å²) >= 11 is 0. The molecule has 1 rings (SSSR count). The van der Waals surface area contributed by atoms with Gasteiger partial charge in [0.1, 0.15) is 11.2 Å². The van der Waals surface area contributed by atoms with E-state index in [1.165, 1.54) is 0 Å². The van der Waals surface area contributed by atoms with Gasteiger partial charge in [-0.3, -0.25) is 4.79 Å². The molecule has 1 aromatic carbocycles. The smallest absolute Gasteiger partial charge is 0.420 e. The van der Waals surface area contributed by atoms with Gasteiger partial charge in [0.15, 0.2) is 5.78 Å². The average Bonchev–Trinajstić information content (AvgIpc) is 2.41. The first kappa shape index (κ1) is 19.7. The Bertz CT molecular complexity index is 568. The minimum absolute atomic E-state index is 0.382. The molecule has 0 heterocycles. The Hall–Kier alpha value is -2.37. The van der Waals surface area contributed by atoms with E-state index in [4.69, 9.17) is 9.47 Å². The number of hydrogen-bond acceptors (Lipinski definition) is 5. The lowest BCUT2D eigenvalue weighted by molar-refractivity contribution is 0.00188. The number of hydrogen-bond donors (Lipinski definition) is 0. The fourth-order valence-electron chi connectivity index (χ4n) is 1.70. The molecule has 0 saturated carbocycles. The molecule has 0 aliphatic heterocycles. The van der Waals surface area contributed by atoms with Crippen LogP contribution in [-0.2, 0) is 9.47 Å². The highest BCUT2D eigenvalue weighted by atomic mass is 16.6. The summed E-state index contributed by atoms with van der Waals surface area (Å²) in [5, 5.41) is 0. The molecule has 6 heteroatoms. The van der Waals surface area contributed by atoms with Crippen molar-refractivity contribution in [2.45, 2.75) is 52.7 Å². The van der Waals surface area contributed by atoms with E-state index in [0.29, 0.717) is 10.5 Å². The van der Waals surface area contributed by atoms with Gasteiger partial charge in [-0.15, -0.1) is 0 Å². The standard InChI is InChI=1S/C18H25NO5/c1-17(2,3)23-15(21)19(16(22)24-18(4,5)6)12-14(20)13-10-8-7-9-11-13/h7-11H,12H2,1-6H3. The van der Waals surface area contributed by atoms with E-state index >= 15 is 0 Å². The van der Waals surface area contributed by atoms with Gasteiger partial charge in [0.05, 0.1) is 6.54 Å². The summed E-state index contributed by atoms with van der Waals surface area (Å²) in [6.07, 6.45) is -1.83. The van der Waals surface area contributed by atoms with Gasteiger partial charge in [-0.1, -0.05) is 30.3 Å². The molecule has 0 bridgehead atoms. The summed E-state index contributed by atoms with van der Waals surface area (Å²) in [5.41, 5.74) is -1.20. The van der Waals surface area contributed by atoms with Gasteiger partial charge in [0, 0.05) is 5.56 Å². The maximum Gasteiger partial charge on any atom is 0.420 e. The van der Waals surface area contributed by atoms with Crippen LogP contribution in [0.15, 0.2) is 30.3 Å². The third kappa shape index (κ3) is 6.81. The maximum absolute atomic E-state index is 12.3. The fraction of sp³-hybridized carbons (Fsp3) is 0.500. The van der Waals surface area contributed by atoms with Crippen LogP contribution in [0.2, 0.25) is 0 Å². The Morgan fingerprint density at radius 3 is 1.62 bits per heavy atom. The molecule has 6 nitrogen and oxygen atoms in total. The molecule has 24 heavy (non-hydrogen) atoms. The van der Waals surface area contributed by atoms with Gasteiger partial charge >= 0.3 is 12.2 Å². The number of carbonyl (C=O) groups excluding carboxylic acids is 3. The van der Waals surface area contributed by atoms with Crippen LogP contribution in [0.5, 0.6) is 0 Å². The molecule has 2 amide bonds. The van der Waals surface area contributed by atoms with Gasteiger partial charge < -0.3 is 9.47 Å². The molecule has 0 radical (unpaired) electrons. The molecular formula is C18H25NO5. The van der Waals surface area contributed by atoms with Crippen molar-refractivity contribution in [1.29, 1.82) is 0 Å². The molecule has 0 aliphatic carbocycles. The highest BCUT2D eigenvalue weighted by Crippen LogP contribution is 2.15. The second-order valence-electron chi connectivity index (χ2n) is 7.34. The number of amides is 2. The Balaban J connectivity index is 2.98. The monoisotopic (exact) mass is 335 g/mol. The van der Waals surface area contributed by atoms with Gasteiger partial charge in [-0.25, -0.2) is 14.5 Å². The first-order valence-corrected chi connectivity index (χ1v) is 7.71. The van der Waals surface area contributed by atoms with Gasteiger partial charge in [0.25, 0.3) is 0 Å². The van der Waals surface area contributed by atoms with Gasteiger partial charge in [-0.2, -0.15) is 0 Å². The highest BCUT2D eigenvalue weighted by molar-refractivity contribution is 6.02. The first-order valence-electron chi connectivity index (χ1n) is 7.71. The molecular weight excluding hydrogens is 310 g/mol. The molecule has 0 fully saturated rings. The van der Waals surface area contributed by atoms with Crippen molar-refractivity contribution in [2.75, 3.05) is 6.54 Å². The van der Waals surface area contributed by atoms with Crippen molar-refractivity contribution in [2.24, 2.45) is 0 Å². The lowest BCUT2D eigenvalue weighted by Gasteiger charge is -2.28. The number of ketones is 1. The lowest BCUT2D eigenvalue weighted by atomic mass is 10.1. The highest BCUT2D eigenvalue weighted by Gasteiger charge is 2.32. The third-order valence-corrected chi connectivity index (χ3v) is 2.63. The van der Waals surface area contributed by atoms with E-state index in [9.17, 15) is 14.4 Å². The maximum atomic E-state index is 12.3. The van der Waals surface area contributed by atoms with Crippen molar-refractivity contribution in [3.8, 4) is 0 Å². The normalized spacial score (nSPS) is 11.6. The van der Waals surface area contributed by atoms with E-state index in [0.717, 1.165) is 0 Å². The Morgan fingerprint density at radius 1 is 0.833 bits per heavy atom. The molecule has 0 atom stereocenters. The second kappa shape index (κ2) is 7.47. The third-order valence-electron chi connectivity index (χ3n) is 2.63. The molecule has 0 N–H and O–H groups in total. The number of ether oxygens (including phenoxy) is 2. The van der Waals surface area contributed by atoms with Gasteiger partial charge in [-0.05, 0) is 41.5 Å². The molecule has 0 saturated heterocycles. The van der Waals surface area contributed by atoms with Crippen LogP contribution in [0.3, 0.4) is 0 Å². The molecule has 0 aromatic heterocycles. The molecule has 0 unspecified atom stereocenters. The van der Waals surface area contributed by atoms with Crippen molar-refractivity contribution < 1.29 is 23.9 Å². The number of imide groups is 1. The number of rotatable bonds is 3. The van der Waals surface area contributed by atoms with Crippen LogP contribution >= 0.6 is 0 Å². The quantitative estimate of drug-likeness (QED) is 0.779. The van der Waals surface area contributed by atoms with E-state index < -0.39 is 29.9 Å². The minimum atomic E-state index is -0.916. The Morgan fingerprint density at radius 2 is 1.25 bits per heavy atom. The summed E-state index contributed by atoms with van der Waals surface area (Å²) in [6.45, 7) is 9.62. The summed E-state index contributed by atoms with van der Waals surface area (Å²) < 4.78 is 10.4. The zero-order valence-electron chi connectivity index (χ0n) is 15.1. The van der Waals surface area contributed by atoms with Crippen molar-refractivity contribution in [1.82, 2.24) is 4.90 Å². The van der Waals surface area contributed by atoms with Gasteiger partial charge in [0.2, 0.25) is 0 Å². The average molecular weight is 335 g/mol.